The Balaban J connectivity index is 1.35. The van der Waals surface area contributed by atoms with E-state index in [2.05, 4.69) is 20.8 Å². The van der Waals surface area contributed by atoms with E-state index in [0.29, 0.717) is 34.0 Å². The van der Waals surface area contributed by atoms with E-state index in [-0.39, 0.29) is 23.4 Å². The number of nitrogens with two attached hydrogens (primary N) is 4. The first-order valence-electron chi connectivity index (χ1n) is 10.5. The second-order valence-electron chi connectivity index (χ2n) is 7.42. The van der Waals surface area contributed by atoms with Gasteiger partial charge in [-0.05, 0) is 48.5 Å². The van der Waals surface area contributed by atoms with Gasteiger partial charge in [-0.1, -0.05) is 24.3 Å². The number of hydrogen-bond acceptors (Lipinski definition) is 8. The Bertz CT molecular complexity index is 1480. The van der Waals surface area contributed by atoms with E-state index < -0.39 is 11.8 Å². The van der Waals surface area contributed by atoms with E-state index in [0.717, 1.165) is 0 Å². The molecule has 0 saturated heterocycles. The van der Waals surface area contributed by atoms with Gasteiger partial charge in [0.1, 0.15) is 11.5 Å². The number of carbonyl (C=O) groups is 2. The molecule has 36 heavy (non-hydrogen) atoms. The summed E-state index contributed by atoms with van der Waals surface area (Å²) in [5, 5.41) is 11.8. The van der Waals surface area contributed by atoms with Crippen LogP contribution in [0, 0.1) is 0 Å². The van der Waals surface area contributed by atoms with Crippen LogP contribution in [-0.4, -0.2) is 23.7 Å². The quantitative estimate of drug-likeness (QED) is 0.106. The molecule has 0 atom stereocenters. The topological polar surface area (TPSA) is 213 Å². The van der Waals surface area contributed by atoms with E-state index >= 15 is 0 Å². The van der Waals surface area contributed by atoms with Crippen molar-refractivity contribution in [1.29, 1.82) is 0 Å². The number of amides is 2. The Kier molecular flexibility index (Phi) is 6.68. The monoisotopic (exact) mass is 486 g/mol. The molecule has 0 unspecified atom stereocenters. The lowest BCUT2D eigenvalue weighted by Crippen LogP contribution is -2.38. The molecular formula is C24H22N8O4. The molecule has 0 aliphatic carbocycles. The minimum absolute atomic E-state index is 0.0106. The van der Waals surface area contributed by atoms with Crippen molar-refractivity contribution in [2.75, 3.05) is 11.5 Å². The number of hydrogen-bond donors (Lipinski definition) is 6. The predicted octanol–water partition coefficient (Wildman–Crippen LogP) is 2.08. The van der Waals surface area contributed by atoms with Crippen molar-refractivity contribution in [3.63, 3.8) is 0 Å². The molecule has 0 bridgehead atoms. The molecule has 182 valence electrons. The number of rotatable bonds is 5. The van der Waals surface area contributed by atoms with Crippen molar-refractivity contribution < 1.29 is 18.4 Å². The number of carbonyl (C=O) groups excluding carboxylic acids is 2. The minimum atomic E-state index is -0.667. The molecule has 0 aliphatic heterocycles. The molecule has 0 aliphatic rings. The summed E-state index contributed by atoms with van der Waals surface area (Å²) in [5.74, 6) is -1.25. The van der Waals surface area contributed by atoms with Crippen LogP contribution < -0.4 is 33.6 Å². The fourth-order valence-electron chi connectivity index (χ4n) is 3.15. The molecule has 2 heterocycles. The number of para-hydroxylation sites is 1. The number of nitrogen functional groups attached to an aromatic ring is 2. The minimum Gasteiger partial charge on any atom is -0.451 e. The number of nitrogens with zero attached hydrogens (tertiary/aromatic N) is 2. The standard InChI is InChI=1S/C24H22N8O4/c25-14-5-3-4-13(12-14)17-8-10-19(35-17)21(33)29-23(27)31-32-24(28)30-22(34)20-11-9-18(36-20)15-6-1-2-7-16(15)26/h1-12H,25-26H2,(H3,27,29,31,33)(H3,28,30,32,34). The van der Waals surface area contributed by atoms with Crippen LogP contribution in [0.25, 0.3) is 22.6 Å². The van der Waals surface area contributed by atoms with E-state index in [9.17, 15) is 9.59 Å². The Labute approximate surface area is 204 Å². The first kappa shape index (κ1) is 23.6. The van der Waals surface area contributed by atoms with Crippen LogP contribution in [0.15, 0.2) is 91.8 Å². The molecule has 2 amide bonds. The number of guanidine groups is 2. The van der Waals surface area contributed by atoms with Crippen LogP contribution in [0.5, 0.6) is 0 Å². The molecule has 0 spiro atoms. The molecular weight excluding hydrogens is 464 g/mol. The second kappa shape index (κ2) is 10.2. The van der Waals surface area contributed by atoms with Crippen molar-refractivity contribution in [3.05, 3.63) is 84.3 Å². The van der Waals surface area contributed by atoms with E-state index in [1.807, 2.05) is 0 Å². The molecule has 0 fully saturated rings. The molecule has 12 heteroatoms. The number of anilines is 2. The zero-order valence-corrected chi connectivity index (χ0v) is 18.8. The van der Waals surface area contributed by atoms with Crippen LogP contribution in [0.2, 0.25) is 0 Å². The van der Waals surface area contributed by atoms with E-state index in [4.69, 9.17) is 31.8 Å². The summed E-state index contributed by atoms with van der Waals surface area (Å²) in [6.07, 6.45) is 0. The van der Waals surface area contributed by atoms with Gasteiger partial charge in [0, 0.05) is 22.5 Å². The van der Waals surface area contributed by atoms with Gasteiger partial charge >= 0.3 is 0 Å². The normalized spacial score (nSPS) is 11.8. The van der Waals surface area contributed by atoms with Gasteiger partial charge in [0.2, 0.25) is 11.9 Å². The lowest BCUT2D eigenvalue weighted by molar-refractivity contribution is 0.0942. The SMILES string of the molecule is NC(=NN=C(N)NC(=O)c1ccc(-c2ccccc2N)o1)NC(=O)c1ccc(-c2cccc(N)c2)o1. The third-order valence-corrected chi connectivity index (χ3v) is 4.81. The summed E-state index contributed by atoms with van der Waals surface area (Å²) >= 11 is 0. The molecule has 10 N–H and O–H groups in total. The summed E-state index contributed by atoms with van der Waals surface area (Å²) in [4.78, 5) is 24.7. The fraction of sp³-hybridized carbons (Fsp3) is 0. The van der Waals surface area contributed by atoms with Gasteiger partial charge in [-0.3, -0.25) is 20.2 Å². The molecule has 0 radical (unpaired) electrons. The maximum absolute atomic E-state index is 12.4. The summed E-state index contributed by atoms with van der Waals surface area (Å²) in [6, 6.07) is 20.2. The molecule has 4 rings (SSSR count). The van der Waals surface area contributed by atoms with Crippen LogP contribution in [0.4, 0.5) is 11.4 Å². The largest absolute Gasteiger partial charge is 0.451 e. The Morgan fingerprint density at radius 2 is 1.28 bits per heavy atom. The summed E-state index contributed by atoms with van der Waals surface area (Å²) in [7, 11) is 0. The summed E-state index contributed by atoms with van der Waals surface area (Å²) in [6.45, 7) is 0. The van der Waals surface area contributed by atoms with Crippen molar-refractivity contribution >= 4 is 35.1 Å². The maximum atomic E-state index is 12.4. The lowest BCUT2D eigenvalue weighted by Gasteiger charge is -2.03. The summed E-state index contributed by atoms with van der Waals surface area (Å²) in [5.41, 5.74) is 25.5. The van der Waals surface area contributed by atoms with Crippen molar-refractivity contribution in [2.45, 2.75) is 0 Å². The number of benzene rings is 2. The Morgan fingerprint density at radius 1 is 0.694 bits per heavy atom. The van der Waals surface area contributed by atoms with Gasteiger partial charge in [0.15, 0.2) is 11.5 Å². The van der Waals surface area contributed by atoms with E-state index in [1.54, 1.807) is 60.7 Å². The Morgan fingerprint density at radius 3 is 1.89 bits per heavy atom. The highest BCUT2D eigenvalue weighted by Crippen LogP contribution is 2.27. The van der Waals surface area contributed by atoms with Gasteiger partial charge < -0.3 is 31.8 Å². The highest BCUT2D eigenvalue weighted by molar-refractivity contribution is 6.05. The molecule has 2 aromatic heterocycles. The number of nitrogens with one attached hydrogen (secondary N) is 2. The van der Waals surface area contributed by atoms with Crippen LogP contribution >= 0.6 is 0 Å². The number of furan rings is 2. The first-order chi connectivity index (χ1) is 17.3. The highest BCUT2D eigenvalue weighted by atomic mass is 16.4. The van der Waals surface area contributed by atoms with Gasteiger partial charge in [0.25, 0.3) is 11.8 Å². The van der Waals surface area contributed by atoms with Gasteiger partial charge in [-0.25, -0.2) is 0 Å². The average molecular weight is 486 g/mol. The predicted molar refractivity (Wildman–Crippen MR) is 135 cm³/mol. The maximum Gasteiger partial charge on any atom is 0.293 e. The lowest BCUT2D eigenvalue weighted by atomic mass is 10.1. The zero-order valence-electron chi connectivity index (χ0n) is 18.8. The van der Waals surface area contributed by atoms with Crippen LogP contribution in [0.1, 0.15) is 21.1 Å². The highest BCUT2D eigenvalue weighted by Gasteiger charge is 2.15. The van der Waals surface area contributed by atoms with Gasteiger partial charge in [-0.2, -0.15) is 0 Å². The van der Waals surface area contributed by atoms with Gasteiger partial charge in [0.05, 0.1) is 0 Å². The van der Waals surface area contributed by atoms with Gasteiger partial charge in [-0.15, -0.1) is 10.2 Å². The molecule has 4 aromatic rings. The van der Waals surface area contributed by atoms with Crippen molar-refractivity contribution in [1.82, 2.24) is 10.6 Å². The molecule has 2 aromatic carbocycles. The van der Waals surface area contributed by atoms with Crippen LogP contribution in [-0.2, 0) is 0 Å². The first-order valence-corrected chi connectivity index (χ1v) is 10.5. The van der Waals surface area contributed by atoms with E-state index in [1.165, 1.54) is 12.1 Å². The average Bonchev–Trinajstić information content (AvgIpc) is 3.54. The smallest absolute Gasteiger partial charge is 0.293 e. The fourth-order valence-corrected chi connectivity index (χ4v) is 3.15. The third-order valence-electron chi connectivity index (χ3n) is 4.81. The summed E-state index contributed by atoms with van der Waals surface area (Å²) < 4.78 is 11.1. The third kappa shape index (κ3) is 5.51. The van der Waals surface area contributed by atoms with Crippen molar-refractivity contribution in [2.24, 2.45) is 21.7 Å². The zero-order chi connectivity index (χ0) is 25.7. The second-order valence-corrected chi connectivity index (χ2v) is 7.42. The van der Waals surface area contributed by atoms with Crippen LogP contribution in [0.3, 0.4) is 0 Å². The molecule has 12 nitrogen and oxygen atoms in total. The Hall–Kier alpha value is -5.52. The molecule has 0 saturated carbocycles. The van der Waals surface area contributed by atoms with Crippen molar-refractivity contribution in [3.8, 4) is 22.6 Å².